The van der Waals surface area contributed by atoms with Gasteiger partial charge in [0.2, 0.25) is 0 Å². The first-order chi connectivity index (χ1) is 25.1. The van der Waals surface area contributed by atoms with Gasteiger partial charge in [0.05, 0.1) is 61.0 Å². The SMILES string of the molecule is C=C1C[C@@H]2CC[C@@]34CC5O[C@H]6[C@@H](O3)[C@H]3OC(CC[C@@H]3O[C@H]6C5O4)CC(=O)C[C@H]3C(C[C@H]4OC(CC[C@@H]1O2)C[C@@H](C)C4=C)O[C@H](C[C@H](O)CN)[C@@H]3CO. The molecule has 0 aromatic rings. The van der Waals surface area contributed by atoms with Crippen molar-refractivity contribution in [2.75, 3.05) is 13.2 Å². The fraction of sp³-hybridized carbons (Fsp3) is 0.875. The van der Waals surface area contributed by atoms with Gasteiger partial charge in [0.1, 0.15) is 36.3 Å². The van der Waals surface area contributed by atoms with E-state index in [4.69, 9.17) is 43.6 Å². The molecule has 0 amide bonds. The Kier molecular flexibility index (Phi) is 10.0. The van der Waals surface area contributed by atoms with E-state index < -0.39 is 18.0 Å². The van der Waals surface area contributed by atoms with E-state index in [1.54, 1.807) is 0 Å². The number of hydrogen-bond acceptors (Lipinski definition) is 12. The first-order valence-corrected chi connectivity index (χ1v) is 20.3. The van der Waals surface area contributed by atoms with Crippen LogP contribution in [0.15, 0.2) is 24.3 Å². The topological polar surface area (TPSA) is 157 Å². The summed E-state index contributed by atoms with van der Waals surface area (Å²) in [5.41, 5.74) is 7.96. The van der Waals surface area contributed by atoms with Gasteiger partial charge < -0.3 is 53.8 Å². The van der Waals surface area contributed by atoms with Crippen LogP contribution < -0.4 is 5.73 Å². The Labute approximate surface area is 307 Å². The highest BCUT2D eigenvalue weighted by Crippen LogP contribution is 2.54. The molecule has 4 N–H and O–H groups in total. The highest BCUT2D eigenvalue weighted by Gasteiger charge is 2.68. The van der Waals surface area contributed by atoms with Crippen LogP contribution in [0, 0.1) is 17.8 Å². The lowest BCUT2D eigenvalue weighted by molar-refractivity contribution is -0.292. The van der Waals surface area contributed by atoms with Gasteiger partial charge in [-0.25, -0.2) is 0 Å². The van der Waals surface area contributed by atoms with E-state index in [0.717, 1.165) is 49.7 Å². The number of aliphatic hydroxyl groups is 2. The summed E-state index contributed by atoms with van der Waals surface area (Å²) in [6, 6.07) is 0. The lowest BCUT2D eigenvalue weighted by Gasteiger charge is -2.47. The molecule has 0 aromatic heterocycles. The molecule has 0 aromatic carbocycles. The fourth-order valence-electron chi connectivity index (χ4n) is 11.4. The quantitative estimate of drug-likeness (QED) is 0.364. The van der Waals surface area contributed by atoms with E-state index >= 15 is 0 Å². The van der Waals surface area contributed by atoms with Crippen LogP contribution in [-0.4, -0.2) is 126 Å². The summed E-state index contributed by atoms with van der Waals surface area (Å²) in [7, 11) is 0. The average molecular weight is 730 g/mol. The monoisotopic (exact) mass is 729 g/mol. The van der Waals surface area contributed by atoms with Crippen LogP contribution in [0.1, 0.15) is 90.4 Å². The summed E-state index contributed by atoms with van der Waals surface area (Å²) < 4.78 is 53.8. The summed E-state index contributed by atoms with van der Waals surface area (Å²) in [6.45, 7) is 11.0. The van der Waals surface area contributed by atoms with Crippen molar-refractivity contribution in [3.05, 3.63) is 24.3 Å². The Hall–Kier alpha value is -1.29. The lowest BCUT2D eigenvalue weighted by atomic mass is 9.78. The Morgan fingerprint density at radius 1 is 0.788 bits per heavy atom. The van der Waals surface area contributed by atoms with E-state index in [1.165, 1.54) is 0 Å². The summed E-state index contributed by atoms with van der Waals surface area (Å²) in [5, 5.41) is 21.2. The highest BCUT2D eigenvalue weighted by atomic mass is 16.8. The number of carbonyl (C=O) groups is 1. The minimum absolute atomic E-state index is 0.0270. The van der Waals surface area contributed by atoms with Crippen molar-refractivity contribution in [2.24, 2.45) is 23.5 Å². The predicted octanol–water partition coefficient (Wildman–Crippen LogP) is 3.03. The third-order valence-electron chi connectivity index (χ3n) is 14.2. The van der Waals surface area contributed by atoms with Crippen molar-refractivity contribution in [1.82, 2.24) is 0 Å². The molecule has 0 radical (unpaired) electrons. The molecule has 52 heavy (non-hydrogen) atoms. The van der Waals surface area contributed by atoms with E-state index in [1.807, 2.05) is 0 Å². The number of ketones is 1. The molecule has 12 bridgehead atoms. The molecule has 12 heteroatoms. The second-order valence-electron chi connectivity index (χ2n) is 17.6. The predicted molar refractivity (Wildman–Crippen MR) is 186 cm³/mol. The molecule has 10 rings (SSSR count). The minimum Gasteiger partial charge on any atom is -0.396 e. The maximum absolute atomic E-state index is 14.0. The molecule has 10 saturated heterocycles. The molecule has 10 heterocycles. The highest BCUT2D eigenvalue weighted by molar-refractivity contribution is 5.79. The molecule has 10 fully saturated rings. The van der Waals surface area contributed by atoms with Gasteiger partial charge in [-0.2, -0.15) is 0 Å². The molecule has 1 spiro atoms. The summed E-state index contributed by atoms with van der Waals surface area (Å²) in [4.78, 5) is 14.0. The first-order valence-electron chi connectivity index (χ1n) is 20.3. The third kappa shape index (κ3) is 6.59. The van der Waals surface area contributed by atoms with Crippen molar-refractivity contribution in [3.63, 3.8) is 0 Å². The number of nitrogens with two attached hydrogens (primary N) is 1. The summed E-state index contributed by atoms with van der Waals surface area (Å²) in [6.07, 6.45) is 4.73. The average Bonchev–Trinajstić information content (AvgIpc) is 3.79. The Balaban J connectivity index is 0.994. The Bertz CT molecular complexity index is 1380. The molecular formula is C40H59NO11. The number of rotatable bonds is 4. The van der Waals surface area contributed by atoms with E-state index in [2.05, 4.69) is 20.1 Å². The van der Waals surface area contributed by atoms with Gasteiger partial charge in [-0.1, -0.05) is 20.1 Å². The van der Waals surface area contributed by atoms with Gasteiger partial charge in [-0.05, 0) is 67.9 Å². The van der Waals surface area contributed by atoms with Crippen molar-refractivity contribution in [3.8, 4) is 0 Å². The number of carbonyl (C=O) groups excluding carboxylic acids is 1. The number of ether oxygens (including phenoxy) is 8. The van der Waals surface area contributed by atoms with Crippen molar-refractivity contribution < 1.29 is 52.9 Å². The van der Waals surface area contributed by atoms with E-state index in [9.17, 15) is 15.0 Å². The van der Waals surface area contributed by atoms with Gasteiger partial charge in [0.15, 0.2) is 5.79 Å². The van der Waals surface area contributed by atoms with E-state index in [0.29, 0.717) is 32.1 Å². The van der Waals surface area contributed by atoms with Crippen molar-refractivity contribution in [1.29, 1.82) is 0 Å². The molecule has 0 saturated carbocycles. The second kappa shape index (κ2) is 14.3. The molecular weight excluding hydrogens is 670 g/mol. The zero-order chi connectivity index (χ0) is 35.9. The van der Waals surface area contributed by atoms with Crippen molar-refractivity contribution >= 4 is 5.78 Å². The van der Waals surface area contributed by atoms with Crippen LogP contribution in [0.25, 0.3) is 0 Å². The van der Waals surface area contributed by atoms with Gasteiger partial charge in [-0.15, -0.1) is 0 Å². The zero-order valence-corrected chi connectivity index (χ0v) is 30.6. The molecule has 12 nitrogen and oxygen atoms in total. The number of aliphatic hydroxyl groups excluding tert-OH is 2. The molecule has 10 aliphatic rings. The van der Waals surface area contributed by atoms with Gasteiger partial charge in [0, 0.05) is 57.6 Å². The molecule has 10 aliphatic heterocycles. The maximum Gasteiger partial charge on any atom is 0.172 e. The fourth-order valence-corrected chi connectivity index (χ4v) is 11.4. The molecule has 290 valence electrons. The van der Waals surface area contributed by atoms with E-state index in [-0.39, 0.29) is 129 Å². The Morgan fingerprint density at radius 2 is 1.54 bits per heavy atom. The van der Waals surface area contributed by atoms with Gasteiger partial charge in [-0.3, -0.25) is 4.79 Å². The standard InChI is InChI=1S/C40H59NO11/c1-19-10-24-4-6-29-20(2)11-26(45-29)8-9-40-16-34-36(51-40)37-38(50-34)39(52-40)35-30(49-37)7-5-25(47-35)12-22(43)13-27-28(18-42)32(14-23(44)17-41)48-33(27)15-31(46-24)21(19)3/h19,23-39,42,44H,2-18,41H2,1H3/t19-,23+,24?,25?,26+,27-,28-,29+,30+,31-,32-,33?,34?,35+,36?,37+,38-,39+,40+/m1/s1. The normalized spacial score (nSPS) is 52.4. The van der Waals surface area contributed by atoms with Crippen LogP contribution in [-0.2, 0) is 42.7 Å². The van der Waals surface area contributed by atoms with Gasteiger partial charge in [0.25, 0.3) is 0 Å². The second-order valence-corrected chi connectivity index (χ2v) is 17.6. The molecule has 19 atom stereocenters. The van der Waals surface area contributed by atoms with Crippen molar-refractivity contribution in [2.45, 2.75) is 188 Å². The summed E-state index contributed by atoms with van der Waals surface area (Å²) in [5.74, 6) is -1.03. The summed E-state index contributed by atoms with van der Waals surface area (Å²) >= 11 is 0. The maximum atomic E-state index is 14.0. The first kappa shape index (κ1) is 36.4. The van der Waals surface area contributed by atoms with Crippen LogP contribution in [0.2, 0.25) is 0 Å². The van der Waals surface area contributed by atoms with Gasteiger partial charge >= 0.3 is 0 Å². The number of hydrogen-bond donors (Lipinski definition) is 3. The molecule has 0 aliphatic carbocycles. The Morgan fingerprint density at radius 3 is 2.37 bits per heavy atom. The molecule has 5 unspecified atom stereocenters. The minimum atomic E-state index is -0.790. The smallest absolute Gasteiger partial charge is 0.172 e. The van der Waals surface area contributed by atoms with Crippen LogP contribution >= 0.6 is 0 Å². The van der Waals surface area contributed by atoms with Crippen LogP contribution in [0.3, 0.4) is 0 Å². The zero-order valence-electron chi connectivity index (χ0n) is 30.6. The third-order valence-corrected chi connectivity index (χ3v) is 14.2. The largest absolute Gasteiger partial charge is 0.396 e. The lowest BCUT2D eigenvalue weighted by Crippen LogP contribution is -2.61. The van der Waals surface area contributed by atoms with Crippen LogP contribution in [0.4, 0.5) is 0 Å². The number of fused-ring (bicyclic) bond motifs is 6. The van der Waals surface area contributed by atoms with Crippen LogP contribution in [0.5, 0.6) is 0 Å². The number of Topliss-reactive ketones (excluding diaryl/α,β-unsaturated/α-hetero) is 1.